The zero-order chi connectivity index (χ0) is 21.7. The van der Waals surface area contributed by atoms with Gasteiger partial charge in [0.25, 0.3) is 5.91 Å². The molecule has 30 heavy (non-hydrogen) atoms. The van der Waals surface area contributed by atoms with Crippen LogP contribution in [-0.2, 0) is 24.2 Å². The molecule has 160 valence electrons. The van der Waals surface area contributed by atoms with Crippen LogP contribution in [0.25, 0.3) is 0 Å². The lowest BCUT2D eigenvalue weighted by atomic mass is 10.0. The Morgan fingerprint density at radius 3 is 2.63 bits per heavy atom. The van der Waals surface area contributed by atoms with Crippen molar-refractivity contribution < 1.29 is 14.7 Å². The molecular weight excluding hydrogens is 380 g/mol. The molecule has 1 aromatic heterocycles. The fourth-order valence-corrected chi connectivity index (χ4v) is 3.83. The van der Waals surface area contributed by atoms with Gasteiger partial charge in [-0.05, 0) is 29.9 Å². The number of carboxylic acids is 1. The van der Waals surface area contributed by atoms with Crippen LogP contribution in [0.2, 0.25) is 0 Å². The molecule has 7 nitrogen and oxygen atoms in total. The number of anilines is 1. The van der Waals surface area contributed by atoms with E-state index in [9.17, 15) is 14.7 Å². The summed E-state index contributed by atoms with van der Waals surface area (Å²) in [6.45, 7) is 7.58. The average Bonchev–Trinajstić information content (AvgIpc) is 2.72. The van der Waals surface area contributed by atoms with Gasteiger partial charge in [0.2, 0.25) is 5.95 Å². The van der Waals surface area contributed by atoms with E-state index in [1.165, 1.54) is 16.0 Å². The van der Waals surface area contributed by atoms with Gasteiger partial charge in [-0.2, -0.15) is 0 Å². The predicted octanol–water partition coefficient (Wildman–Crippen LogP) is 3.17. The zero-order valence-corrected chi connectivity index (χ0v) is 18.0. The summed E-state index contributed by atoms with van der Waals surface area (Å²) in [5, 5.41) is 9.23. The maximum atomic E-state index is 13.1. The standard InChI is InChI=1S/C23H30N4O3/c1-4-7-20-19(22(30)27(13-16(2)3)15-21(28)29)12-24-23(25-20)26-11-10-17-8-5-6-9-18(17)14-26/h5-6,8-9,12,16H,4,7,10-11,13-15H2,1-3H3,(H,28,29). The number of carbonyl (C=O) groups excluding carboxylic acids is 1. The first-order valence-corrected chi connectivity index (χ1v) is 10.6. The molecule has 1 N–H and O–H groups in total. The number of carboxylic acid groups (broad SMARTS) is 1. The summed E-state index contributed by atoms with van der Waals surface area (Å²) in [5.74, 6) is -0.551. The summed E-state index contributed by atoms with van der Waals surface area (Å²) in [6, 6.07) is 8.38. The number of rotatable bonds is 8. The third-order valence-electron chi connectivity index (χ3n) is 5.18. The van der Waals surface area contributed by atoms with Gasteiger partial charge in [0.15, 0.2) is 0 Å². The molecule has 0 aliphatic carbocycles. The minimum Gasteiger partial charge on any atom is -0.480 e. The number of aliphatic carboxylic acids is 1. The van der Waals surface area contributed by atoms with Crippen LogP contribution in [0.1, 0.15) is 54.4 Å². The molecule has 7 heteroatoms. The maximum absolute atomic E-state index is 13.1. The van der Waals surface area contributed by atoms with Crippen molar-refractivity contribution in [3.05, 3.63) is 52.8 Å². The minimum absolute atomic E-state index is 0.163. The molecule has 2 aromatic rings. The topological polar surface area (TPSA) is 86.6 Å². The zero-order valence-electron chi connectivity index (χ0n) is 18.0. The molecule has 0 bridgehead atoms. The molecule has 0 saturated carbocycles. The Balaban J connectivity index is 1.88. The predicted molar refractivity (Wildman–Crippen MR) is 116 cm³/mol. The molecule has 0 atom stereocenters. The van der Waals surface area contributed by atoms with Crippen LogP contribution < -0.4 is 4.90 Å². The highest BCUT2D eigenvalue weighted by atomic mass is 16.4. The molecule has 1 amide bonds. The van der Waals surface area contributed by atoms with Crippen molar-refractivity contribution >= 4 is 17.8 Å². The Bertz CT molecular complexity index is 913. The van der Waals surface area contributed by atoms with Crippen molar-refractivity contribution in [2.24, 2.45) is 5.92 Å². The van der Waals surface area contributed by atoms with Gasteiger partial charge in [0.1, 0.15) is 6.54 Å². The molecule has 1 aromatic carbocycles. The molecule has 0 saturated heterocycles. The Morgan fingerprint density at radius 2 is 1.97 bits per heavy atom. The Kier molecular flexibility index (Phi) is 7.03. The molecule has 1 aliphatic heterocycles. The van der Waals surface area contributed by atoms with E-state index in [1.54, 1.807) is 6.20 Å². The second kappa shape index (κ2) is 9.69. The van der Waals surface area contributed by atoms with Crippen molar-refractivity contribution in [2.45, 2.75) is 46.6 Å². The van der Waals surface area contributed by atoms with E-state index < -0.39 is 5.97 Å². The van der Waals surface area contributed by atoms with Crippen LogP contribution in [0.5, 0.6) is 0 Å². The van der Waals surface area contributed by atoms with Crippen LogP contribution in [0.15, 0.2) is 30.5 Å². The number of fused-ring (bicyclic) bond motifs is 1. The van der Waals surface area contributed by atoms with Crippen LogP contribution in [0, 0.1) is 5.92 Å². The Labute approximate surface area is 177 Å². The van der Waals surface area contributed by atoms with E-state index in [2.05, 4.69) is 28.1 Å². The number of hydrogen-bond acceptors (Lipinski definition) is 5. The van der Waals surface area contributed by atoms with Crippen molar-refractivity contribution in [1.29, 1.82) is 0 Å². The number of hydrogen-bond donors (Lipinski definition) is 1. The number of benzene rings is 1. The van der Waals surface area contributed by atoms with E-state index in [-0.39, 0.29) is 18.4 Å². The maximum Gasteiger partial charge on any atom is 0.323 e. The highest BCUT2D eigenvalue weighted by Crippen LogP contribution is 2.23. The Morgan fingerprint density at radius 1 is 1.23 bits per heavy atom. The first-order valence-electron chi connectivity index (χ1n) is 10.6. The molecule has 0 fully saturated rings. The number of nitrogens with zero attached hydrogens (tertiary/aromatic N) is 4. The summed E-state index contributed by atoms with van der Waals surface area (Å²) in [4.78, 5) is 37.2. The highest BCUT2D eigenvalue weighted by molar-refractivity contribution is 5.96. The SMILES string of the molecule is CCCc1nc(N2CCc3ccccc3C2)ncc1C(=O)N(CC(=O)O)CC(C)C. The molecular formula is C23H30N4O3. The fraction of sp³-hybridized carbons (Fsp3) is 0.478. The minimum atomic E-state index is -1.02. The molecule has 0 radical (unpaired) electrons. The van der Waals surface area contributed by atoms with E-state index in [0.717, 1.165) is 25.9 Å². The lowest BCUT2D eigenvalue weighted by Crippen LogP contribution is -2.39. The molecule has 0 spiro atoms. The quantitative estimate of drug-likeness (QED) is 0.719. The summed E-state index contributed by atoms with van der Waals surface area (Å²) in [6.07, 6.45) is 3.99. The number of aromatic nitrogens is 2. The van der Waals surface area contributed by atoms with Crippen molar-refractivity contribution in [3.8, 4) is 0 Å². The average molecular weight is 411 g/mol. The summed E-state index contributed by atoms with van der Waals surface area (Å²) < 4.78 is 0. The van der Waals surface area contributed by atoms with Crippen molar-refractivity contribution in [1.82, 2.24) is 14.9 Å². The van der Waals surface area contributed by atoms with Gasteiger partial charge in [-0.3, -0.25) is 9.59 Å². The molecule has 2 heterocycles. The first kappa shape index (κ1) is 21.7. The van der Waals surface area contributed by atoms with E-state index >= 15 is 0 Å². The smallest absolute Gasteiger partial charge is 0.323 e. The van der Waals surface area contributed by atoms with Gasteiger partial charge in [0, 0.05) is 25.8 Å². The first-order chi connectivity index (χ1) is 14.4. The second-order valence-corrected chi connectivity index (χ2v) is 8.19. The van der Waals surface area contributed by atoms with Crippen molar-refractivity contribution in [3.63, 3.8) is 0 Å². The highest BCUT2D eigenvalue weighted by Gasteiger charge is 2.25. The van der Waals surface area contributed by atoms with Crippen molar-refractivity contribution in [2.75, 3.05) is 24.5 Å². The second-order valence-electron chi connectivity index (χ2n) is 8.19. The van der Waals surface area contributed by atoms with Gasteiger partial charge < -0.3 is 14.9 Å². The Hall–Kier alpha value is -2.96. The molecule has 1 aliphatic rings. The van der Waals surface area contributed by atoms with Gasteiger partial charge in [-0.25, -0.2) is 9.97 Å². The lowest BCUT2D eigenvalue weighted by Gasteiger charge is -2.29. The van der Waals surface area contributed by atoms with E-state index in [0.29, 0.717) is 30.2 Å². The third-order valence-corrected chi connectivity index (χ3v) is 5.18. The summed E-state index contributed by atoms with van der Waals surface area (Å²) in [7, 11) is 0. The van der Waals surface area contributed by atoms with E-state index in [1.807, 2.05) is 26.8 Å². The van der Waals surface area contributed by atoms with Gasteiger partial charge >= 0.3 is 5.97 Å². The van der Waals surface area contributed by atoms with Gasteiger partial charge in [0.05, 0.1) is 11.3 Å². The number of amides is 1. The summed E-state index contributed by atoms with van der Waals surface area (Å²) in [5.41, 5.74) is 3.71. The van der Waals surface area contributed by atoms with Gasteiger partial charge in [-0.1, -0.05) is 51.5 Å². The van der Waals surface area contributed by atoms with Gasteiger partial charge in [-0.15, -0.1) is 0 Å². The van der Waals surface area contributed by atoms with Crippen LogP contribution in [0.3, 0.4) is 0 Å². The summed E-state index contributed by atoms with van der Waals surface area (Å²) >= 11 is 0. The largest absolute Gasteiger partial charge is 0.480 e. The van der Waals surface area contributed by atoms with Crippen LogP contribution >= 0.6 is 0 Å². The third kappa shape index (κ3) is 5.14. The lowest BCUT2D eigenvalue weighted by molar-refractivity contribution is -0.137. The van der Waals surface area contributed by atoms with Crippen LogP contribution in [0.4, 0.5) is 5.95 Å². The normalized spacial score (nSPS) is 13.3. The van der Waals surface area contributed by atoms with E-state index in [4.69, 9.17) is 4.98 Å². The number of carbonyl (C=O) groups is 2. The molecule has 3 rings (SSSR count). The molecule has 0 unspecified atom stereocenters. The number of aryl methyl sites for hydroxylation is 1. The van der Waals surface area contributed by atoms with Crippen LogP contribution in [-0.4, -0.2) is 51.5 Å². The fourth-order valence-electron chi connectivity index (χ4n) is 3.83. The monoisotopic (exact) mass is 410 g/mol.